The van der Waals surface area contributed by atoms with Crippen LogP contribution in [0.3, 0.4) is 0 Å². The predicted octanol–water partition coefficient (Wildman–Crippen LogP) is 1.89. The Morgan fingerprint density at radius 1 is 1.50 bits per heavy atom. The highest BCUT2D eigenvalue weighted by Gasteiger charge is 2.21. The maximum atomic E-state index is 12.0. The molecule has 0 bridgehead atoms. The summed E-state index contributed by atoms with van der Waals surface area (Å²) in [6.07, 6.45) is 0. The third kappa shape index (κ3) is 4.63. The number of nitrogens with one attached hydrogen (secondary N) is 1. The number of amides is 2. The maximum Gasteiger partial charge on any atom is 0.321 e. The van der Waals surface area contributed by atoms with E-state index in [1.54, 1.807) is 43.0 Å². The Hall–Kier alpha value is -1.75. The largest absolute Gasteiger partial charge is 0.399 e. The minimum atomic E-state index is -0.914. The number of anilines is 2. The quantitative estimate of drug-likeness (QED) is 0.715. The van der Waals surface area contributed by atoms with Crippen molar-refractivity contribution < 1.29 is 9.90 Å². The van der Waals surface area contributed by atoms with Gasteiger partial charge in [0.15, 0.2) is 0 Å². The number of carbonyl (C=O) groups excluding carboxylic acids is 1. The number of rotatable bonds is 4. The molecule has 18 heavy (non-hydrogen) atoms. The second kappa shape index (κ2) is 5.73. The molecule has 0 unspecified atom stereocenters. The van der Waals surface area contributed by atoms with Crippen LogP contribution in [0.4, 0.5) is 16.2 Å². The van der Waals surface area contributed by atoms with Gasteiger partial charge in [0, 0.05) is 17.9 Å². The molecule has 0 aliphatic heterocycles. The lowest BCUT2D eigenvalue weighted by atomic mass is 10.1. The molecule has 0 spiro atoms. The molecule has 5 heteroatoms. The normalized spacial score (nSPS) is 11.1. The molecule has 1 rings (SSSR count). The highest BCUT2D eigenvalue weighted by Crippen LogP contribution is 2.13. The zero-order chi connectivity index (χ0) is 13.8. The fourth-order valence-corrected chi connectivity index (χ4v) is 1.61. The van der Waals surface area contributed by atoms with Gasteiger partial charge in [0.05, 0.1) is 12.1 Å². The second-order valence-electron chi connectivity index (χ2n) is 4.88. The van der Waals surface area contributed by atoms with E-state index in [-0.39, 0.29) is 12.6 Å². The van der Waals surface area contributed by atoms with Crippen LogP contribution in [0.2, 0.25) is 0 Å². The van der Waals surface area contributed by atoms with Crippen molar-refractivity contribution in [2.24, 2.45) is 0 Å². The summed E-state index contributed by atoms with van der Waals surface area (Å²) in [7, 11) is 0. The van der Waals surface area contributed by atoms with Crippen molar-refractivity contribution >= 4 is 17.4 Å². The Labute approximate surface area is 108 Å². The molecule has 0 saturated heterocycles. The van der Waals surface area contributed by atoms with Crippen LogP contribution in [0.25, 0.3) is 0 Å². The van der Waals surface area contributed by atoms with Gasteiger partial charge in [-0.2, -0.15) is 0 Å². The molecule has 0 fully saturated rings. The van der Waals surface area contributed by atoms with Crippen LogP contribution in [0.5, 0.6) is 0 Å². The molecule has 1 aromatic rings. The average molecular weight is 251 g/mol. The van der Waals surface area contributed by atoms with Gasteiger partial charge in [0.1, 0.15) is 0 Å². The molecule has 0 aromatic heterocycles. The maximum absolute atomic E-state index is 12.0. The van der Waals surface area contributed by atoms with E-state index >= 15 is 0 Å². The topological polar surface area (TPSA) is 78.6 Å². The molecule has 4 N–H and O–H groups in total. The first-order chi connectivity index (χ1) is 8.31. The Kier molecular flexibility index (Phi) is 4.55. The van der Waals surface area contributed by atoms with Crippen LogP contribution in [0, 0.1) is 0 Å². The molecular weight excluding hydrogens is 230 g/mol. The Morgan fingerprint density at radius 3 is 2.67 bits per heavy atom. The SMILES string of the molecule is CCN(CC(C)(C)O)C(=O)Nc1cccc(N)c1. The molecular formula is C13H21N3O2. The number of nitrogen functional groups attached to an aromatic ring is 1. The zero-order valence-electron chi connectivity index (χ0n) is 11.1. The summed E-state index contributed by atoms with van der Waals surface area (Å²) in [5.41, 5.74) is 5.97. The number of aliphatic hydroxyl groups is 1. The summed E-state index contributed by atoms with van der Waals surface area (Å²) in [6.45, 7) is 6.01. The Balaban J connectivity index is 2.68. The van der Waals surface area contributed by atoms with Gasteiger partial charge in [0.2, 0.25) is 0 Å². The fraction of sp³-hybridized carbons (Fsp3) is 0.462. The highest BCUT2D eigenvalue weighted by molar-refractivity contribution is 5.89. The van der Waals surface area contributed by atoms with Crippen LogP contribution in [0.1, 0.15) is 20.8 Å². The lowest BCUT2D eigenvalue weighted by Crippen LogP contribution is -2.44. The van der Waals surface area contributed by atoms with Crippen molar-refractivity contribution in [1.29, 1.82) is 0 Å². The molecule has 0 atom stereocenters. The molecule has 0 radical (unpaired) electrons. The molecule has 5 nitrogen and oxygen atoms in total. The third-order valence-electron chi connectivity index (χ3n) is 2.38. The summed E-state index contributed by atoms with van der Waals surface area (Å²) in [5.74, 6) is 0. The first-order valence-electron chi connectivity index (χ1n) is 5.95. The minimum Gasteiger partial charge on any atom is -0.399 e. The Morgan fingerprint density at radius 2 is 2.17 bits per heavy atom. The Bertz CT molecular complexity index is 413. The lowest BCUT2D eigenvalue weighted by Gasteiger charge is -2.28. The average Bonchev–Trinajstić information content (AvgIpc) is 2.24. The summed E-state index contributed by atoms with van der Waals surface area (Å²) in [5, 5.41) is 12.5. The fourth-order valence-electron chi connectivity index (χ4n) is 1.61. The van der Waals surface area contributed by atoms with Crippen molar-refractivity contribution in [3.8, 4) is 0 Å². The summed E-state index contributed by atoms with van der Waals surface area (Å²) in [4.78, 5) is 13.5. The molecule has 0 aliphatic carbocycles. The number of hydrogen-bond donors (Lipinski definition) is 3. The van der Waals surface area contributed by atoms with E-state index in [2.05, 4.69) is 5.32 Å². The van der Waals surface area contributed by atoms with Crippen LogP contribution in [-0.2, 0) is 0 Å². The van der Waals surface area contributed by atoms with E-state index in [4.69, 9.17) is 5.73 Å². The van der Waals surface area contributed by atoms with E-state index in [1.165, 1.54) is 0 Å². The van der Waals surface area contributed by atoms with Crippen LogP contribution in [-0.4, -0.2) is 34.7 Å². The third-order valence-corrected chi connectivity index (χ3v) is 2.38. The van der Waals surface area contributed by atoms with Crippen LogP contribution < -0.4 is 11.1 Å². The van der Waals surface area contributed by atoms with E-state index in [9.17, 15) is 9.90 Å². The van der Waals surface area contributed by atoms with Crippen LogP contribution >= 0.6 is 0 Å². The highest BCUT2D eigenvalue weighted by atomic mass is 16.3. The van der Waals surface area contributed by atoms with Crippen LogP contribution in [0.15, 0.2) is 24.3 Å². The van der Waals surface area contributed by atoms with E-state index in [1.807, 2.05) is 6.92 Å². The van der Waals surface area contributed by atoms with Gasteiger partial charge in [-0.3, -0.25) is 0 Å². The van der Waals surface area contributed by atoms with E-state index in [0.29, 0.717) is 17.9 Å². The van der Waals surface area contributed by atoms with Gasteiger partial charge in [-0.1, -0.05) is 6.07 Å². The first-order valence-corrected chi connectivity index (χ1v) is 5.95. The molecule has 100 valence electrons. The number of urea groups is 1. The molecule has 0 saturated carbocycles. The van der Waals surface area contributed by atoms with E-state index in [0.717, 1.165) is 0 Å². The first kappa shape index (κ1) is 14.3. The monoisotopic (exact) mass is 251 g/mol. The number of benzene rings is 1. The van der Waals surface area contributed by atoms with Crippen molar-refractivity contribution in [3.05, 3.63) is 24.3 Å². The van der Waals surface area contributed by atoms with Gasteiger partial charge in [0.25, 0.3) is 0 Å². The van der Waals surface area contributed by atoms with Crippen molar-refractivity contribution in [3.63, 3.8) is 0 Å². The standard InChI is InChI=1S/C13H21N3O2/c1-4-16(9-13(2,3)18)12(17)15-11-7-5-6-10(14)8-11/h5-8,18H,4,9,14H2,1-3H3,(H,15,17). The second-order valence-corrected chi connectivity index (χ2v) is 4.88. The zero-order valence-corrected chi connectivity index (χ0v) is 11.1. The molecule has 0 heterocycles. The number of hydrogen-bond acceptors (Lipinski definition) is 3. The van der Waals surface area contributed by atoms with E-state index < -0.39 is 5.60 Å². The van der Waals surface area contributed by atoms with Gasteiger partial charge >= 0.3 is 6.03 Å². The van der Waals surface area contributed by atoms with Gasteiger partial charge in [-0.25, -0.2) is 4.79 Å². The molecule has 1 aromatic carbocycles. The van der Waals surface area contributed by atoms with Crippen molar-refractivity contribution in [2.75, 3.05) is 24.1 Å². The summed E-state index contributed by atoms with van der Waals surface area (Å²) >= 11 is 0. The smallest absolute Gasteiger partial charge is 0.321 e. The van der Waals surface area contributed by atoms with Gasteiger partial charge in [-0.05, 0) is 39.0 Å². The molecule has 2 amide bonds. The predicted molar refractivity (Wildman–Crippen MR) is 73.4 cm³/mol. The number of carbonyl (C=O) groups is 1. The summed E-state index contributed by atoms with van der Waals surface area (Å²) < 4.78 is 0. The molecule has 0 aliphatic rings. The number of nitrogens with two attached hydrogens (primary N) is 1. The van der Waals surface area contributed by atoms with Gasteiger partial charge in [-0.15, -0.1) is 0 Å². The number of likely N-dealkylation sites (N-methyl/N-ethyl adjacent to an activating group) is 1. The van der Waals surface area contributed by atoms with Gasteiger partial charge < -0.3 is 21.1 Å². The van der Waals surface area contributed by atoms with Crippen molar-refractivity contribution in [1.82, 2.24) is 4.90 Å². The minimum absolute atomic E-state index is 0.245. The lowest BCUT2D eigenvalue weighted by molar-refractivity contribution is 0.0501. The number of nitrogens with zero attached hydrogens (tertiary/aromatic N) is 1. The van der Waals surface area contributed by atoms with Crippen molar-refractivity contribution in [2.45, 2.75) is 26.4 Å². The summed E-state index contributed by atoms with van der Waals surface area (Å²) in [6, 6.07) is 6.74.